The first-order chi connectivity index (χ1) is 12.7. The molecular weight excluding hydrogens is 348 g/mol. The second-order valence-electron chi connectivity index (χ2n) is 6.00. The topological polar surface area (TPSA) is 71.7 Å². The van der Waals surface area contributed by atoms with Gasteiger partial charge in [-0.15, -0.1) is 11.3 Å². The Morgan fingerprint density at radius 1 is 1.35 bits per heavy atom. The lowest BCUT2D eigenvalue weighted by molar-refractivity contribution is -0.134. The molecule has 3 rings (SSSR count). The molecule has 0 radical (unpaired) electrons. The number of carbonyl (C=O) groups is 1. The number of nitriles is 1. The molecule has 0 amide bonds. The number of fused-ring (bicyclic) bond motifs is 1. The number of thiophene rings is 1. The van der Waals surface area contributed by atoms with Crippen molar-refractivity contribution in [2.45, 2.75) is 39.0 Å². The molecule has 1 aliphatic rings. The number of ether oxygens (including phenoxy) is 2. The Labute approximate surface area is 156 Å². The van der Waals surface area contributed by atoms with Crippen LogP contribution < -0.4 is 9.47 Å². The Balaban J connectivity index is 1.86. The predicted molar refractivity (Wildman–Crippen MR) is 102 cm³/mol. The molecule has 2 aromatic rings. The summed E-state index contributed by atoms with van der Waals surface area (Å²) < 4.78 is 10.6. The molecule has 0 atom stereocenters. The van der Waals surface area contributed by atoms with Gasteiger partial charge in [0.15, 0.2) is 11.5 Å². The average molecular weight is 368 g/mol. The molecule has 6 heteroatoms. The van der Waals surface area contributed by atoms with Crippen LogP contribution in [-0.4, -0.2) is 19.3 Å². The predicted octanol–water partition coefficient (Wildman–Crippen LogP) is 4.57. The molecule has 0 saturated heterocycles. The molecule has 1 aromatic heterocycles. The van der Waals surface area contributed by atoms with Crippen molar-refractivity contribution in [2.24, 2.45) is 4.99 Å². The van der Waals surface area contributed by atoms with Gasteiger partial charge in [0.25, 0.3) is 0 Å². The summed E-state index contributed by atoms with van der Waals surface area (Å²) in [6.45, 7) is 1.74. The highest BCUT2D eigenvalue weighted by molar-refractivity contribution is 7.16. The van der Waals surface area contributed by atoms with Crippen LogP contribution in [0.5, 0.6) is 11.5 Å². The van der Waals surface area contributed by atoms with Gasteiger partial charge in [0.1, 0.15) is 11.1 Å². The summed E-state index contributed by atoms with van der Waals surface area (Å²) in [7, 11) is 1.53. The van der Waals surface area contributed by atoms with Crippen LogP contribution in [-0.2, 0) is 17.6 Å². The van der Waals surface area contributed by atoms with Crippen LogP contribution in [0.1, 0.15) is 47.8 Å². The molecule has 1 aromatic carbocycles. The number of rotatable bonds is 5. The van der Waals surface area contributed by atoms with Crippen molar-refractivity contribution in [2.75, 3.05) is 7.11 Å². The van der Waals surface area contributed by atoms with Gasteiger partial charge in [-0.3, -0.25) is 4.79 Å². The number of aliphatic imine (C=N–C) groups is 1. The Morgan fingerprint density at radius 3 is 2.88 bits per heavy atom. The van der Waals surface area contributed by atoms with Crippen LogP contribution in [0.15, 0.2) is 23.2 Å². The van der Waals surface area contributed by atoms with Gasteiger partial charge < -0.3 is 9.47 Å². The van der Waals surface area contributed by atoms with Crippen molar-refractivity contribution in [1.29, 1.82) is 5.26 Å². The monoisotopic (exact) mass is 368 g/mol. The van der Waals surface area contributed by atoms with Crippen molar-refractivity contribution in [3.05, 3.63) is 39.8 Å². The number of hydrogen-bond acceptors (Lipinski definition) is 6. The van der Waals surface area contributed by atoms with Gasteiger partial charge >= 0.3 is 5.97 Å². The molecule has 1 aliphatic carbocycles. The van der Waals surface area contributed by atoms with E-state index < -0.39 is 0 Å². The lowest BCUT2D eigenvalue weighted by Gasteiger charge is -2.09. The minimum absolute atomic E-state index is 0.298. The Bertz CT molecular complexity index is 893. The summed E-state index contributed by atoms with van der Waals surface area (Å²) >= 11 is 1.61. The Morgan fingerprint density at radius 2 is 2.15 bits per heavy atom. The van der Waals surface area contributed by atoms with E-state index in [4.69, 9.17) is 9.47 Å². The van der Waals surface area contributed by atoms with E-state index in [9.17, 15) is 10.1 Å². The molecule has 1 heterocycles. The fourth-order valence-corrected chi connectivity index (χ4v) is 4.12. The zero-order valence-electron chi connectivity index (χ0n) is 14.9. The van der Waals surface area contributed by atoms with Gasteiger partial charge in [0.2, 0.25) is 0 Å². The molecule has 5 nitrogen and oxygen atoms in total. The first-order valence-electron chi connectivity index (χ1n) is 8.63. The summed E-state index contributed by atoms with van der Waals surface area (Å²) in [5.41, 5.74) is 2.70. The van der Waals surface area contributed by atoms with E-state index in [1.165, 1.54) is 24.0 Å². The molecular formula is C20H20N2O3S. The molecule has 0 bridgehead atoms. The van der Waals surface area contributed by atoms with Gasteiger partial charge in [-0.2, -0.15) is 5.26 Å². The number of aryl methyl sites for hydroxylation is 1. The quantitative estimate of drug-likeness (QED) is 0.440. The van der Waals surface area contributed by atoms with Gasteiger partial charge in [0.05, 0.1) is 12.7 Å². The summed E-state index contributed by atoms with van der Waals surface area (Å²) in [6.07, 6.45) is 6.33. The minimum Gasteiger partial charge on any atom is -0.493 e. The number of methoxy groups -OCH3 is 1. The van der Waals surface area contributed by atoms with Crippen LogP contribution >= 0.6 is 11.3 Å². The maximum atomic E-state index is 11.5. The third kappa shape index (κ3) is 3.78. The highest BCUT2D eigenvalue weighted by Crippen LogP contribution is 2.39. The van der Waals surface area contributed by atoms with Gasteiger partial charge in [0, 0.05) is 17.5 Å². The van der Waals surface area contributed by atoms with E-state index >= 15 is 0 Å². The van der Waals surface area contributed by atoms with Gasteiger partial charge in [-0.1, -0.05) is 6.92 Å². The normalized spacial score (nSPS) is 13.3. The van der Waals surface area contributed by atoms with E-state index in [0.717, 1.165) is 29.8 Å². The number of hydrogen-bond donors (Lipinski definition) is 0. The summed E-state index contributed by atoms with van der Waals surface area (Å²) in [5, 5.41) is 10.3. The van der Waals surface area contributed by atoms with E-state index in [2.05, 4.69) is 11.1 Å². The third-order valence-corrected chi connectivity index (χ3v) is 5.50. The second-order valence-corrected chi connectivity index (χ2v) is 7.08. The smallest absolute Gasteiger partial charge is 0.311 e. The number of esters is 1. The highest BCUT2D eigenvalue weighted by Gasteiger charge is 2.20. The first-order valence-corrected chi connectivity index (χ1v) is 9.45. The molecule has 0 aliphatic heterocycles. The van der Waals surface area contributed by atoms with Crippen molar-refractivity contribution >= 4 is 28.5 Å². The lowest BCUT2D eigenvalue weighted by atomic mass is 9.96. The summed E-state index contributed by atoms with van der Waals surface area (Å²) in [4.78, 5) is 17.3. The van der Waals surface area contributed by atoms with Crippen molar-refractivity contribution in [3.63, 3.8) is 0 Å². The van der Waals surface area contributed by atoms with Crippen molar-refractivity contribution < 1.29 is 14.3 Å². The van der Waals surface area contributed by atoms with Crippen molar-refractivity contribution in [1.82, 2.24) is 0 Å². The maximum Gasteiger partial charge on any atom is 0.311 e. The number of benzene rings is 1. The number of nitrogens with zero attached hydrogens (tertiary/aromatic N) is 2. The molecule has 0 N–H and O–H groups in total. The van der Waals surface area contributed by atoms with E-state index in [1.807, 2.05) is 6.07 Å². The Hall–Kier alpha value is -2.65. The van der Waals surface area contributed by atoms with Gasteiger partial charge in [-0.25, -0.2) is 4.99 Å². The SMILES string of the molecule is CCC(=O)Oc1ccc(C=Nc2sc3c(c2C#N)CCCC3)cc1OC. The van der Waals surface area contributed by atoms with Crippen LogP contribution in [0.4, 0.5) is 5.00 Å². The lowest BCUT2D eigenvalue weighted by Crippen LogP contribution is -2.06. The molecule has 0 fully saturated rings. The third-order valence-electron chi connectivity index (χ3n) is 4.30. The minimum atomic E-state index is -0.312. The van der Waals surface area contributed by atoms with Crippen LogP contribution in [0.2, 0.25) is 0 Å². The molecule has 0 unspecified atom stereocenters. The van der Waals surface area contributed by atoms with Gasteiger partial charge in [-0.05, 0) is 55.0 Å². The van der Waals surface area contributed by atoms with Crippen LogP contribution in [0, 0.1) is 11.3 Å². The van der Waals surface area contributed by atoms with E-state index in [1.54, 1.807) is 36.6 Å². The highest BCUT2D eigenvalue weighted by atomic mass is 32.1. The summed E-state index contributed by atoms with van der Waals surface area (Å²) in [5.74, 6) is 0.551. The van der Waals surface area contributed by atoms with E-state index in [0.29, 0.717) is 23.5 Å². The fraction of sp³-hybridized carbons (Fsp3) is 0.350. The Kier molecular flexibility index (Phi) is 5.69. The first kappa shape index (κ1) is 18.2. The molecule has 26 heavy (non-hydrogen) atoms. The van der Waals surface area contributed by atoms with Crippen molar-refractivity contribution in [3.8, 4) is 17.6 Å². The largest absolute Gasteiger partial charge is 0.493 e. The summed E-state index contributed by atoms with van der Waals surface area (Å²) in [6, 6.07) is 7.58. The molecule has 0 spiro atoms. The molecule has 0 saturated carbocycles. The second kappa shape index (κ2) is 8.15. The standard InChI is InChI=1S/C20H20N2O3S/c1-3-19(23)25-16-9-8-13(10-17(16)24-2)12-22-20-15(11-21)14-6-4-5-7-18(14)26-20/h8-10,12H,3-7H2,1-2H3. The van der Waals surface area contributed by atoms with Crippen LogP contribution in [0.3, 0.4) is 0 Å². The zero-order chi connectivity index (χ0) is 18.5. The molecule has 134 valence electrons. The number of carbonyl (C=O) groups excluding carboxylic acids is 1. The fourth-order valence-electron chi connectivity index (χ4n) is 2.93. The zero-order valence-corrected chi connectivity index (χ0v) is 15.7. The van der Waals surface area contributed by atoms with E-state index in [-0.39, 0.29) is 5.97 Å². The van der Waals surface area contributed by atoms with Crippen LogP contribution in [0.25, 0.3) is 0 Å². The average Bonchev–Trinajstić information content (AvgIpc) is 3.04. The maximum absolute atomic E-state index is 11.5.